The summed E-state index contributed by atoms with van der Waals surface area (Å²) in [5.74, 6) is 1.49. The van der Waals surface area contributed by atoms with Crippen LogP contribution < -0.4 is 10.6 Å². The number of benzene rings is 1. The molecule has 6 heteroatoms. The van der Waals surface area contributed by atoms with Gasteiger partial charge in [-0.1, -0.05) is 30.3 Å². The number of morpholine rings is 1. The summed E-state index contributed by atoms with van der Waals surface area (Å²) in [6.07, 6.45) is 0. The van der Waals surface area contributed by atoms with Gasteiger partial charge in [-0.15, -0.1) is 0 Å². The normalized spacial score (nSPS) is 15.7. The first kappa shape index (κ1) is 18.6. The molecule has 2 heterocycles. The molecule has 1 fully saturated rings. The van der Waals surface area contributed by atoms with Gasteiger partial charge in [0.05, 0.1) is 18.9 Å². The van der Waals surface area contributed by atoms with Gasteiger partial charge in [0.25, 0.3) is 0 Å². The summed E-state index contributed by atoms with van der Waals surface area (Å²) in [6, 6.07) is 12.2. The molecule has 0 bridgehead atoms. The Morgan fingerprint density at radius 1 is 1.08 bits per heavy atom. The Morgan fingerprint density at radius 3 is 2.50 bits per heavy atom. The highest BCUT2D eigenvalue weighted by Crippen LogP contribution is 2.22. The molecule has 0 unspecified atom stereocenters. The second kappa shape index (κ2) is 8.47. The molecule has 0 radical (unpaired) electrons. The fourth-order valence-corrected chi connectivity index (χ4v) is 2.85. The lowest BCUT2D eigenvalue weighted by Gasteiger charge is -2.26. The van der Waals surface area contributed by atoms with E-state index in [1.54, 1.807) is 0 Å². The Kier molecular flexibility index (Phi) is 6.06. The van der Waals surface area contributed by atoms with Crippen LogP contribution in [0, 0.1) is 0 Å². The third kappa shape index (κ3) is 5.68. The smallest absolute Gasteiger partial charge is 0.225 e. The first-order valence-electron chi connectivity index (χ1n) is 9.26. The Bertz CT molecular complexity index is 693. The Balaban J connectivity index is 1.73. The highest BCUT2D eigenvalue weighted by Gasteiger charge is 2.14. The van der Waals surface area contributed by atoms with E-state index in [1.165, 1.54) is 0 Å². The van der Waals surface area contributed by atoms with E-state index < -0.39 is 0 Å². The second-order valence-electron chi connectivity index (χ2n) is 7.58. The number of ether oxygens (including phenoxy) is 1. The molecule has 1 aliphatic rings. The molecule has 0 spiro atoms. The zero-order valence-corrected chi connectivity index (χ0v) is 16.0. The van der Waals surface area contributed by atoms with Crippen LogP contribution >= 0.6 is 0 Å². The Hall–Kier alpha value is -2.18. The van der Waals surface area contributed by atoms with Crippen molar-refractivity contribution in [3.8, 4) is 11.3 Å². The van der Waals surface area contributed by atoms with Gasteiger partial charge < -0.3 is 15.4 Å². The van der Waals surface area contributed by atoms with E-state index in [0.29, 0.717) is 5.95 Å². The zero-order valence-electron chi connectivity index (χ0n) is 16.0. The molecule has 0 saturated carbocycles. The molecule has 0 amide bonds. The largest absolute Gasteiger partial charge is 0.379 e. The Labute approximate surface area is 156 Å². The average Bonchev–Trinajstić information content (AvgIpc) is 2.62. The molecule has 1 aromatic heterocycles. The molecule has 1 aliphatic heterocycles. The van der Waals surface area contributed by atoms with Crippen molar-refractivity contribution in [2.75, 3.05) is 50.0 Å². The molecule has 0 aliphatic carbocycles. The van der Waals surface area contributed by atoms with Gasteiger partial charge in [0, 0.05) is 43.3 Å². The van der Waals surface area contributed by atoms with Gasteiger partial charge in [-0.05, 0) is 20.8 Å². The minimum absolute atomic E-state index is 0.0968. The fraction of sp³-hybridized carbons (Fsp3) is 0.500. The molecular weight excluding hydrogens is 326 g/mol. The van der Waals surface area contributed by atoms with Crippen LogP contribution in [0.5, 0.6) is 0 Å². The van der Waals surface area contributed by atoms with E-state index in [2.05, 4.69) is 53.4 Å². The number of anilines is 2. The van der Waals surface area contributed by atoms with Crippen molar-refractivity contribution in [3.05, 3.63) is 36.4 Å². The summed E-state index contributed by atoms with van der Waals surface area (Å²) in [4.78, 5) is 11.8. The summed E-state index contributed by atoms with van der Waals surface area (Å²) >= 11 is 0. The zero-order chi connectivity index (χ0) is 18.4. The molecule has 2 N–H and O–H groups in total. The van der Waals surface area contributed by atoms with Crippen LogP contribution in [0.2, 0.25) is 0 Å². The van der Waals surface area contributed by atoms with Gasteiger partial charge in [-0.2, -0.15) is 4.98 Å². The standard InChI is InChI=1S/C20H29N5O/c1-20(2,3)24-19-22-17(16-7-5-4-6-8-16)15-18(23-19)21-9-10-25-11-13-26-14-12-25/h4-8,15H,9-14H2,1-3H3,(H2,21,22,23,24). The van der Waals surface area contributed by atoms with E-state index in [0.717, 1.165) is 56.5 Å². The molecule has 0 atom stereocenters. The number of nitrogens with one attached hydrogen (secondary N) is 2. The van der Waals surface area contributed by atoms with E-state index in [1.807, 2.05) is 24.3 Å². The quantitative estimate of drug-likeness (QED) is 0.830. The minimum atomic E-state index is -0.0968. The molecule has 1 saturated heterocycles. The van der Waals surface area contributed by atoms with Crippen LogP contribution in [0.3, 0.4) is 0 Å². The maximum absolute atomic E-state index is 5.40. The predicted molar refractivity (Wildman–Crippen MR) is 107 cm³/mol. The number of rotatable bonds is 6. The van der Waals surface area contributed by atoms with Crippen molar-refractivity contribution in [3.63, 3.8) is 0 Å². The number of hydrogen-bond acceptors (Lipinski definition) is 6. The lowest BCUT2D eigenvalue weighted by Crippen LogP contribution is -2.39. The van der Waals surface area contributed by atoms with Crippen LogP contribution in [0.4, 0.5) is 11.8 Å². The number of nitrogens with zero attached hydrogens (tertiary/aromatic N) is 3. The minimum Gasteiger partial charge on any atom is -0.379 e. The molecule has 26 heavy (non-hydrogen) atoms. The molecule has 6 nitrogen and oxygen atoms in total. The van der Waals surface area contributed by atoms with Crippen LogP contribution in [-0.2, 0) is 4.74 Å². The van der Waals surface area contributed by atoms with Crippen molar-refractivity contribution in [2.24, 2.45) is 0 Å². The second-order valence-corrected chi connectivity index (χ2v) is 7.58. The third-order valence-electron chi connectivity index (χ3n) is 4.12. The van der Waals surface area contributed by atoms with E-state index >= 15 is 0 Å². The van der Waals surface area contributed by atoms with Gasteiger partial charge in [-0.3, -0.25) is 4.90 Å². The molecule has 2 aromatic rings. The average molecular weight is 355 g/mol. The van der Waals surface area contributed by atoms with Gasteiger partial charge in [-0.25, -0.2) is 4.98 Å². The maximum atomic E-state index is 5.40. The number of hydrogen-bond donors (Lipinski definition) is 2. The van der Waals surface area contributed by atoms with Gasteiger partial charge >= 0.3 is 0 Å². The predicted octanol–water partition coefficient (Wildman–Crippen LogP) is 3.10. The molecular formula is C20H29N5O. The van der Waals surface area contributed by atoms with Crippen molar-refractivity contribution < 1.29 is 4.74 Å². The highest BCUT2D eigenvalue weighted by atomic mass is 16.5. The third-order valence-corrected chi connectivity index (χ3v) is 4.12. The van der Waals surface area contributed by atoms with Crippen molar-refractivity contribution in [1.82, 2.24) is 14.9 Å². The van der Waals surface area contributed by atoms with E-state index in [4.69, 9.17) is 9.72 Å². The van der Waals surface area contributed by atoms with Crippen LogP contribution in [-0.4, -0.2) is 59.8 Å². The molecule has 3 rings (SSSR count). The summed E-state index contributed by atoms with van der Waals surface area (Å²) < 4.78 is 5.40. The maximum Gasteiger partial charge on any atom is 0.225 e. The Morgan fingerprint density at radius 2 is 1.81 bits per heavy atom. The SMILES string of the molecule is CC(C)(C)Nc1nc(NCCN2CCOCC2)cc(-c2ccccc2)n1. The van der Waals surface area contributed by atoms with Gasteiger partial charge in [0.1, 0.15) is 5.82 Å². The van der Waals surface area contributed by atoms with E-state index in [9.17, 15) is 0 Å². The summed E-state index contributed by atoms with van der Waals surface area (Å²) in [7, 11) is 0. The summed E-state index contributed by atoms with van der Waals surface area (Å²) in [5.41, 5.74) is 1.91. The van der Waals surface area contributed by atoms with Gasteiger partial charge in [0.2, 0.25) is 5.95 Å². The topological polar surface area (TPSA) is 62.3 Å². The lowest BCUT2D eigenvalue weighted by molar-refractivity contribution is 0.0398. The first-order valence-corrected chi connectivity index (χ1v) is 9.26. The van der Waals surface area contributed by atoms with Crippen molar-refractivity contribution in [1.29, 1.82) is 0 Å². The van der Waals surface area contributed by atoms with Crippen LogP contribution in [0.25, 0.3) is 11.3 Å². The monoisotopic (exact) mass is 355 g/mol. The fourth-order valence-electron chi connectivity index (χ4n) is 2.85. The van der Waals surface area contributed by atoms with Crippen molar-refractivity contribution in [2.45, 2.75) is 26.3 Å². The van der Waals surface area contributed by atoms with Crippen molar-refractivity contribution >= 4 is 11.8 Å². The van der Waals surface area contributed by atoms with Crippen LogP contribution in [0.15, 0.2) is 36.4 Å². The highest BCUT2D eigenvalue weighted by molar-refractivity contribution is 5.64. The molecule has 1 aromatic carbocycles. The first-order chi connectivity index (χ1) is 12.5. The van der Waals surface area contributed by atoms with E-state index in [-0.39, 0.29) is 5.54 Å². The lowest BCUT2D eigenvalue weighted by atomic mass is 10.1. The molecule has 140 valence electrons. The summed E-state index contributed by atoms with van der Waals surface area (Å²) in [6.45, 7) is 11.8. The summed E-state index contributed by atoms with van der Waals surface area (Å²) in [5, 5.41) is 6.84. The van der Waals surface area contributed by atoms with Crippen LogP contribution in [0.1, 0.15) is 20.8 Å². The van der Waals surface area contributed by atoms with Gasteiger partial charge in [0.15, 0.2) is 0 Å². The number of aromatic nitrogens is 2.